The van der Waals surface area contributed by atoms with Gasteiger partial charge in [0, 0.05) is 46.8 Å². The van der Waals surface area contributed by atoms with Gasteiger partial charge in [-0.1, -0.05) is 6.92 Å². The number of amides is 1. The lowest BCUT2D eigenvalue weighted by Crippen LogP contribution is -2.44. The average molecular weight is 441 g/mol. The highest BCUT2D eigenvalue weighted by atomic mass is 127. The van der Waals surface area contributed by atoms with E-state index in [0.717, 1.165) is 45.9 Å². The van der Waals surface area contributed by atoms with Crippen LogP contribution in [-0.2, 0) is 9.53 Å². The molecule has 1 heterocycles. The number of guanidine groups is 1. The molecule has 7 nitrogen and oxygen atoms in total. The van der Waals surface area contributed by atoms with Gasteiger partial charge in [-0.3, -0.25) is 9.69 Å². The van der Waals surface area contributed by atoms with Crippen LogP contribution in [-0.4, -0.2) is 88.2 Å². The molecular weight excluding hydrogens is 409 g/mol. The molecule has 1 aliphatic rings. The Bertz CT molecular complexity index is 360. The number of nitrogens with zero attached hydrogens (tertiary/aromatic N) is 3. The number of hydrogen-bond donors (Lipinski definition) is 2. The molecule has 1 fully saturated rings. The van der Waals surface area contributed by atoms with Crippen molar-refractivity contribution in [1.29, 1.82) is 0 Å². The molecule has 1 rings (SSSR count). The van der Waals surface area contributed by atoms with Crippen LogP contribution in [0, 0.1) is 5.92 Å². The van der Waals surface area contributed by atoms with Crippen LogP contribution in [0.25, 0.3) is 0 Å². The zero-order chi connectivity index (χ0) is 16.4. The largest absolute Gasteiger partial charge is 0.379 e. The van der Waals surface area contributed by atoms with Crippen molar-refractivity contribution in [2.45, 2.75) is 13.8 Å². The number of morpholine rings is 1. The normalized spacial score (nSPS) is 17.1. The first-order valence-electron chi connectivity index (χ1n) is 8.05. The standard InChI is InChI=1S/C15H31N5O2.HI/c1-5-16-15(18-11-14(21)19(3)4)17-10-13(2)12-20-6-8-22-9-7-20;/h13H,5-12H2,1-4H3,(H2,16,17,18);1H. The van der Waals surface area contributed by atoms with Crippen molar-refractivity contribution in [3.8, 4) is 0 Å². The predicted octanol–water partition coefficient (Wildman–Crippen LogP) is 0.216. The highest BCUT2D eigenvalue weighted by Gasteiger charge is 2.14. The Labute approximate surface area is 157 Å². The smallest absolute Gasteiger partial charge is 0.243 e. The van der Waals surface area contributed by atoms with E-state index in [4.69, 9.17) is 4.74 Å². The summed E-state index contributed by atoms with van der Waals surface area (Å²) in [5.41, 5.74) is 0. The summed E-state index contributed by atoms with van der Waals surface area (Å²) in [4.78, 5) is 19.9. The average Bonchev–Trinajstić information content (AvgIpc) is 2.50. The molecule has 0 aliphatic carbocycles. The van der Waals surface area contributed by atoms with Crippen molar-refractivity contribution < 1.29 is 9.53 Å². The Kier molecular flexibility index (Phi) is 12.4. The fourth-order valence-electron chi connectivity index (χ4n) is 2.19. The van der Waals surface area contributed by atoms with Crippen LogP contribution in [0.5, 0.6) is 0 Å². The van der Waals surface area contributed by atoms with E-state index < -0.39 is 0 Å². The van der Waals surface area contributed by atoms with Gasteiger partial charge in [0.2, 0.25) is 5.91 Å². The summed E-state index contributed by atoms with van der Waals surface area (Å²) in [5.74, 6) is 1.21. The first-order chi connectivity index (χ1) is 10.5. The second-order valence-electron chi connectivity index (χ2n) is 5.88. The van der Waals surface area contributed by atoms with Crippen LogP contribution in [0.4, 0.5) is 0 Å². The van der Waals surface area contributed by atoms with Crippen molar-refractivity contribution in [3.63, 3.8) is 0 Å². The lowest BCUT2D eigenvalue weighted by atomic mass is 10.1. The maximum atomic E-state index is 11.6. The lowest BCUT2D eigenvalue weighted by molar-refractivity contribution is -0.127. The maximum absolute atomic E-state index is 11.6. The van der Waals surface area contributed by atoms with Gasteiger partial charge in [0.25, 0.3) is 0 Å². The van der Waals surface area contributed by atoms with Gasteiger partial charge in [-0.05, 0) is 12.8 Å². The molecule has 0 saturated carbocycles. The Morgan fingerprint density at radius 2 is 1.96 bits per heavy atom. The van der Waals surface area contributed by atoms with E-state index in [1.807, 2.05) is 6.92 Å². The molecule has 1 unspecified atom stereocenters. The SMILES string of the molecule is CCNC(=NCC(=O)N(C)C)NCC(C)CN1CCOCC1.I. The highest BCUT2D eigenvalue weighted by Crippen LogP contribution is 2.02. The van der Waals surface area contributed by atoms with E-state index in [9.17, 15) is 4.79 Å². The molecule has 1 aliphatic heterocycles. The lowest BCUT2D eigenvalue weighted by Gasteiger charge is -2.29. The summed E-state index contributed by atoms with van der Waals surface area (Å²) in [7, 11) is 3.48. The fraction of sp³-hybridized carbons (Fsp3) is 0.867. The second-order valence-corrected chi connectivity index (χ2v) is 5.88. The minimum Gasteiger partial charge on any atom is -0.379 e. The van der Waals surface area contributed by atoms with Crippen molar-refractivity contribution in [3.05, 3.63) is 0 Å². The molecule has 136 valence electrons. The minimum absolute atomic E-state index is 0. The molecule has 0 aromatic heterocycles. The molecule has 1 atom stereocenters. The van der Waals surface area contributed by atoms with Gasteiger partial charge < -0.3 is 20.3 Å². The van der Waals surface area contributed by atoms with E-state index in [0.29, 0.717) is 11.9 Å². The van der Waals surface area contributed by atoms with Crippen molar-refractivity contribution in [2.75, 3.05) is 66.6 Å². The van der Waals surface area contributed by atoms with E-state index in [-0.39, 0.29) is 36.4 Å². The van der Waals surface area contributed by atoms with E-state index in [1.54, 1.807) is 19.0 Å². The number of carbonyl (C=O) groups excluding carboxylic acids is 1. The molecule has 23 heavy (non-hydrogen) atoms. The number of nitrogens with one attached hydrogen (secondary N) is 2. The number of likely N-dealkylation sites (N-methyl/N-ethyl adjacent to an activating group) is 1. The molecule has 0 spiro atoms. The third-order valence-corrected chi connectivity index (χ3v) is 3.51. The van der Waals surface area contributed by atoms with Gasteiger partial charge in [-0.25, -0.2) is 4.99 Å². The maximum Gasteiger partial charge on any atom is 0.243 e. The van der Waals surface area contributed by atoms with Crippen molar-refractivity contribution in [2.24, 2.45) is 10.9 Å². The summed E-state index contributed by atoms with van der Waals surface area (Å²) in [6, 6.07) is 0. The first-order valence-corrected chi connectivity index (χ1v) is 8.05. The molecule has 8 heteroatoms. The summed E-state index contributed by atoms with van der Waals surface area (Å²) in [6.07, 6.45) is 0. The second kappa shape index (κ2) is 12.8. The monoisotopic (exact) mass is 441 g/mol. The number of ether oxygens (including phenoxy) is 1. The van der Waals surface area contributed by atoms with Gasteiger partial charge in [0.1, 0.15) is 6.54 Å². The van der Waals surface area contributed by atoms with Crippen LogP contribution in [0.1, 0.15) is 13.8 Å². The van der Waals surface area contributed by atoms with Crippen molar-refractivity contribution in [1.82, 2.24) is 20.4 Å². The number of carbonyl (C=O) groups is 1. The number of halogens is 1. The summed E-state index contributed by atoms with van der Waals surface area (Å²) in [5, 5.41) is 6.48. The Balaban J connectivity index is 0.00000484. The van der Waals surface area contributed by atoms with E-state index in [1.165, 1.54) is 0 Å². The molecule has 0 aromatic rings. The van der Waals surface area contributed by atoms with Gasteiger partial charge in [0.05, 0.1) is 13.2 Å². The Morgan fingerprint density at radius 3 is 2.52 bits per heavy atom. The summed E-state index contributed by atoms with van der Waals surface area (Å²) in [6.45, 7) is 10.7. The molecule has 2 N–H and O–H groups in total. The molecule has 1 saturated heterocycles. The van der Waals surface area contributed by atoms with E-state index in [2.05, 4.69) is 27.4 Å². The highest BCUT2D eigenvalue weighted by molar-refractivity contribution is 14.0. The van der Waals surface area contributed by atoms with Gasteiger partial charge in [-0.2, -0.15) is 0 Å². The fourth-order valence-corrected chi connectivity index (χ4v) is 2.19. The molecule has 0 aromatic carbocycles. The third kappa shape index (κ3) is 9.98. The van der Waals surface area contributed by atoms with Crippen LogP contribution in [0.2, 0.25) is 0 Å². The Morgan fingerprint density at radius 1 is 1.30 bits per heavy atom. The summed E-state index contributed by atoms with van der Waals surface area (Å²) < 4.78 is 5.36. The Hall–Kier alpha value is -0.610. The number of aliphatic imine (C=N–C) groups is 1. The third-order valence-electron chi connectivity index (χ3n) is 3.51. The minimum atomic E-state index is -0.00133. The zero-order valence-corrected chi connectivity index (χ0v) is 17.1. The number of rotatable bonds is 7. The van der Waals surface area contributed by atoms with Crippen LogP contribution in [0.3, 0.4) is 0 Å². The van der Waals surface area contributed by atoms with Gasteiger partial charge in [0.15, 0.2) is 5.96 Å². The van der Waals surface area contributed by atoms with Crippen LogP contribution < -0.4 is 10.6 Å². The van der Waals surface area contributed by atoms with E-state index >= 15 is 0 Å². The molecular formula is C15H32IN5O2. The van der Waals surface area contributed by atoms with Gasteiger partial charge >= 0.3 is 0 Å². The first kappa shape index (κ1) is 22.4. The van der Waals surface area contributed by atoms with Crippen LogP contribution >= 0.6 is 24.0 Å². The topological polar surface area (TPSA) is 69.2 Å². The zero-order valence-electron chi connectivity index (χ0n) is 14.8. The predicted molar refractivity (Wildman–Crippen MR) is 105 cm³/mol. The van der Waals surface area contributed by atoms with Crippen molar-refractivity contribution >= 4 is 35.8 Å². The van der Waals surface area contributed by atoms with Crippen LogP contribution in [0.15, 0.2) is 4.99 Å². The molecule has 0 radical (unpaired) electrons. The summed E-state index contributed by atoms with van der Waals surface area (Å²) >= 11 is 0. The quantitative estimate of drug-likeness (QED) is 0.336. The molecule has 1 amide bonds. The van der Waals surface area contributed by atoms with Gasteiger partial charge in [-0.15, -0.1) is 24.0 Å². The number of hydrogen-bond acceptors (Lipinski definition) is 4. The molecule has 0 bridgehead atoms.